The van der Waals surface area contributed by atoms with Crippen molar-refractivity contribution in [2.45, 2.75) is 0 Å². The highest BCUT2D eigenvalue weighted by atomic mass is 15.2. The van der Waals surface area contributed by atoms with E-state index in [-0.39, 0.29) is 6.71 Å². The fraction of sp³-hybridized carbons (Fsp3) is 0. The molecule has 5 nitrogen and oxygen atoms in total. The van der Waals surface area contributed by atoms with E-state index in [1.54, 1.807) is 0 Å². The van der Waals surface area contributed by atoms with Crippen molar-refractivity contribution in [2.75, 3.05) is 9.80 Å². The van der Waals surface area contributed by atoms with Gasteiger partial charge in [0, 0.05) is 50.5 Å². The first-order chi connectivity index (χ1) is 30.7. The standard InChI is InChI=1S/C56H34BN5/c58-35-37-14-13-15-40(30-37)45-31-38(36-59)26-28-50(45)62-49-23-10-7-20-44(49)46-32-39(27-29-51(46)62)41-33-54-56-55(34-41)61(43-18-5-2-6-19-43)53-25-12-9-22-48(53)57(56)47-21-8-11-24-52(47)60(54)42-16-3-1-4-17-42/h1-34H. The summed E-state index contributed by atoms with van der Waals surface area (Å²) in [4.78, 5) is 4.90. The molecule has 286 valence electrons. The Hall–Kier alpha value is -8.58. The lowest BCUT2D eigenvalue weighted by molar-refractivity contribution is 1.18. The Balaban J connectivity index is 1.13. The Morgan fingerprint density at radius 2 is 0.952 bits per heavy atom. The average Bonchev–Trinajstić information content (AvgIpc) is 3.67. The highest BCUT2D eigenvalue weighted by Crippen LogP contribution is 2.47. The maximum Gasteiger partial charge on any atom is 0.252 e. The molecule has 0 bridgehead atoms. The summed E-state index contributed by atoms with van der Waals surface area (Å²) in [6.45, 7) is 0.0392. The normalized spacial score (nSPS) is 12.4. The van der Waals surface area contributed by atoms with Gasteiger partial charge in [-0.25, -0.2) is 0 Å². The second-order valence-electron chi connectivity index (χ2n) is 15.9. The molecule has 1 aromatic heterocycles. The van der Waals surface area contributed by atoms with E-state index in [1.165, 1.54) is 27.8 Å². The van der Waals surface area contributed by atoms with Crippen molar-refractivity contribution in [2.24, 2.45) is 0 Å². The predicted molar refractivity (Wildman–Crippen MR) is 255 cm³/mol. The Labute approximate surface area is 359 Å². The number of benzene rings is 9. The molecule has 0 amide bonds. The van der Waals surface area contributed by atoms with Gasteiger partial charge in [0.1, 0.15) is 0 Å². The van der Waals surface area contributed by atoms with E-state index in [1.807, 2.05) is 42.5 Å². The summed E-state index contributed by atoms with van der Waals surface area (Å²) in [6.07, 6.45) is 0. The molecule has 12 rings (SSSR count). The van der Waals surface area contributed by atoms with Gasteiger partial charge in [-0.1, -0.05) is 109 Å². The van der Waals surface area contributed by atoms with Crippen LogP contribution < -0.4 is 26.2 Å². The minimum Gasteiger partial charge on any atom is -0.311 e. The number of hydrogen-bond donors (Lipinski definition) is 0. The summed E-state index contributed by atoms with van der Waals surface area (Å²) in [5, 5.41) is 22.0. The third-order valence-corrected chi connectivity index (χ3v) is 12.6. The number of fused-ring (bicyclic) bond motifs is 7. The summed E-state index contributed by atoms with van der Waals surface area (Å²) in [5.41, 5.74) is 18.9. The Morgan fingerprint density at radius 1 is 0.371 bits per heavy atom. The Kier molecular flexibility index (Phi) is 8.00. The molecule has 2 aliphatic heterocycles. The first kappa shape index (κ1) is 35.4. The number of hydrogen-bond acceptors (Lipinski definition) is 4. The molecule has 0 atom stereocenters. The van der Waals surface area contributed by atoms with Gasteiger partial charge in [0.15, 0.2) is 0 Å². The fourth-order valence-electron chi connectivity index (χ4n) is 9.97. The molecule has 0 saturated carbocycles. The molecule has 0 radical (unpaired) electrons. The van der Waals surface area contributed by atoms with E-state index in [9.17, 15) is 10.5 Å². The number of aromatic nitrogens is 1. The third kappa shape index (κ3) is 5.34. The highest BCUT2D eigenvalue weighted by molar-refractivity contribution is 7.00. The van der Waals surface area contributed by atoms with Crippen molar-refractivity contribution in [3.8, 4) is 40.1 Å². The van der Waals surface area contributed by atoms with Gasteiger partial charge in [-0.3, -0.25) is 0 Å². The van der Waals surface area contributed by atoms with Crippen molar-refractivity contribution in [3.05, 3.63) is 217 Å². The molecular weight excluding hydrogens is 753 g/mol. The van der Waals surface area contributed by atoms with Gasteiger partial charge >= 0.3 is 0 Å². The summed E-state index contributed by atoms with van der Waals surface area (Å²) in [7, 11) is 0. The average molecular weight is 788 g/mol. The van der Waals surface area contributed by atoms with Gasteiger partial charge < -0.3 is 14.4 Å². The predicted octanol–water partition coefficient (Wildman–Crippen LogP) is 11.9. The molecule has 0 aliphatic carbocycles. The first-order valence-corrected chi connectivity index (χ1v) is 20.8. The van der Waals surface area contributed by atoms with Gasteiger partial charge in [0.2, 0.25) is 0 Å². The van der Waals surface area contributed by atoms with Crippen molar-refractivity contribution in [1.82, 2.24) is 4.57 Å². The Bertz CT molecular complexity index is 3410. The Morgan fingerprint density at radius 3 is 1.61 bits per heavy atom. The van der Waals surface area contributed by atoms with Crippen LogP contribution in [0, 0.1) is 22.7 Å². The summed E-state index contributed by atoms with van der Waals surface area (Å²) < 4.78 is 2.30. The smallest absolute Gasteiger partial charge is 0.252 e. The zero-order valence-electron chi connectivity index (χ0n) is 33.4. The SMILES string of the molecule is N#Cc1cccc(-c2cc(C#N)ccc2-n2c3ccccc3c3cc(-c4cc5c6c(c4)N(c4ccccc4)c4ccccc4B6c4ccccc4N5c4ccccc4)ccc32)c1. The lowest BCUT2D eigenvalue weighted by Crippen LogP contribution is -2.61. The van der Waals surface area contributed by atoms with Crippen molar-refractivity contribution < 1.29 is 0 Å². The van der Waals surface area contributed by atoms with Crippen LogP contribution in [0.25, 0.3) is 49.7 Å². The van der Waals surface area contributed by atoms with E-state index in [0.717, 1.165) is 72.5 Å². The molecule has 0 unspecified atom stereocenters. The molecule has 0 N–H and O–H groups in total. The van der Waals surface area contributed by atoms with E-state index in [2.05, 4.69) is 190 Å². The van der Waals surface area contributed by atoms with Crippen molar-refractivity contribution in [3.63, 3.8) is 0 Å². The van der Waals surface area contributed by atoms with Gasteiger partial charge in [-0.05, 0) is 130 Å². The zero-order valence-corrected chi connectivity index (χ0v) is 33.4. The number of para-hydroxylation sites is 5. The minimum atomic E-state index is 0.0392. The van der Waals surface area contributed by atoms with E-state index in [0.29, 0.717) is 11.1 Å². The van der Waals surface area contributed by atoms with Crippen LogP contribution in [0.5, 0.6) is 0 Å². The first-order valence-electron chi connectivity index (χ1n) is 20.8. The van der Waals surface area contributed by atoms with E-state index >= 15 is 0 Å². The molecule has 62 heavy (non-hydrogen) atoms. The van der Waals surface area contributed by atoms with Gasteiger partial charge in [0.25, 0.3) is 6.71 Å². The fourth-order valence-corrected chi connectivity index (χ4v) is 9.97. The molecule has 0 spiro atoms. The molecule has 6 heteroatoms. The molecule has 0 fully saturated rings. The molecule has 10 aromatic rings. The monoisotopic (exact) mass is 787 g/mol. The van der Waals surface area contributed by atoms with Crippen LogP contribution in [-0.2, 0) is 0 Å². The summed E-state index contributed by atoms with van der Waals surface area (Å²) in [6, 6.07) is 77.5. The zero-order chi connectivity index (χ0) is 41.3. The number of nitrogens with zero attached hydrogens (tertiary/aromatic N) is 5. The largest absolute Gasteiger partial charge is 0.311 e. The minimum absolute atomic E-state index is 0.0392. The van der Waals surface area contributed by atoms with Crippen LogP contribution in [0.1, 0.15) is 11.1 Å². The van der Waals surface area contributed by atoms with Crippen LogP contribution in [-0.4, -0.2) is 11.3 Å². The molecule has 9 aromatic carbocycles. The number of rotatable bonds is 5. The van der Waals surface area contributed by atoms with Crippen LogP contribution in [0.4, 0.5) is 34.1 Å². The van der Waals surface area contributed by atoms with E-state index < -0.39 is 0 Å². The van der Waals surface area contributed by atoms with Gasteiger partial charge in [-0.15, -0.1) is 0 Å². The molecule has 3 heterocycles. The van der Waals surface area contributed by atoms with Crippen LogP contribution >= 0.6 is 0 Å². The maximum absolute atomic E-state index is 9.99. The highest BCUT2D eigenvalue weighted by Gasteiger charge is 2.43. The molecule has 2 aliphatic rings. The summed E-state index contributed by atoms with van der Waals surface area (Å²) >= 11 is 0. The van der Waals surface area contributed by atoms with E-state index in [4.69, 9.17) is 0 Å². The van der Waals surface area contributed by atoms with Gasteiger partial charge in [0.05, 0.1) is 40.0 Å². The quantitative estimate of drug-likeness (QED) is 0.163. The van der Waals surface area contributed by atoms with Crippen LogP contribution in [0.15, 0.2) is 206 Å². The van der Waals surface area contributed by atoms with Crippen molar-refractivity contribution in [1.29, 1.82) is 10.5 Å². The molecule has 0 saturated heterocycles. The lowest BCUT2D eigenvalue weighted by Gasteiger charge is -2.44. The second kappa shape index (κ2) is 14.0. The summed E-state index contributed by atoms with van der Waals surface area (Å²) in [5.74, 6) is 0. The maximum atomic E-state index is 9.99. The number of nitriles is 2. The van der Waals surface area contributed by atoms with Crippen LogP contribution in [0.2, 0.25) is 0 Å². The topological polar surface area (TPSA) is 59.0 Å². The van der Waals surface area contributed by atoms with Crippen molar-refractivity contribution >= 4 is 79.0 Å². The van der Waals surface area contributed by atoms with Crippen LogP contribution in [0.3, 0.4) is 0 Å². The second-order valence-corrected chi connectivity index (χ2v) is 15.9. The third-order valence-electron chi connectivity index (χ3n) is 12.6. The van der Waals surface area contributed by atoms with Gasteiger partial charge in [-0.2, -0.15) is 10.5 Å². The molecular formula is C56H34BN5. The number of anilines is 6. The lowest BCUT2D eigenvalue weighted by atomic mass is 9.33.